The van der Waals surface area contributed by atoms with E-state index in [2.05, 4.69) is 10.6 Å². The molecule has 1 aromatic carbocycles. The van der Waals surface area contributed by atoms with Crippen LogP contribution < -0.4 is 10.6 Å². The Balaban J connectivity index is 2.05. The lowest BCUT2D eigenvalue weighted by Gasteiger charge is -2.26. The van der Waals surface area contributed by atoms with Crippen molar-refractivity contribution in [1.29, 1.82) is 0 Å². The van der Waals surface area contributed by atoms with Crippen LogP contribution in [0.1, 0.15) is 17.0 Å². The Hall–Kier alpha value is -1.53. The second kappa shape index (κ2) is 5.63. The van der Waals surface area contributed by atoms with Gasteiger partial charge in [-0.25, -0.2) is 8.78 Å². The van der Waals surface area contributed by atoms with Gasteiger partial charge in [0.25, 0.3) is 5.92 Å². The average molecular weight is 270 g/mol. The van der Waals surface area contributed by atoms with Crippen LogP contribution in [0.5, 0.6) is 0 Å². The quantitative estimate of drug-likeness (QED) is 0.751. The van der Waals surface area contributed by atoms with Crippen molar-refractivity contribution in [2.75, 3.05) is 19.7 Å². The lowest BCUT2D eigenvalue weighted by Crippen LogP contribution is -2.44. The Morgan fingerprint density at radius 2 is 2.21 bits per heavy atom. The fourth-order valence-electron chi connectivity index (χ4n) is 2.13. The van der Waals surface area contributed by atoms with Crippen LogP contribution in [0.15, 0.2) is 24.3 Å². The van der Waals surface area contributed by atoms with Crippen molar-refractivity contribution in [3.05, 3.63) is 35.4 Å². The van der Waals surface area contributed by atoms with Gasteiger partial charge in [0.15, 0.2) is 0 Å². The SMILES string of the molecule is O=C(NCC(F)(F)CO)C1CNCc2ccccc21. The normalized spacial score (nSPS) is 18.8. The zero-order valence-corrected chi connectivity index (χ0v) is 10.3. The highest BCUT2D eigenvalue weighted by molar-refractivity contribution is 5.84. The van der Waals surface area contributed by atoms with Crippen LogP contribution in [0.25, 0.3) is 0 Å². The molecule has 2 rings (SSSR count). The van der Waals surface area contributed by atoms with Gasteiger partial charge in [-0.1, -0.05) is 24.3 Å². The Kier molecular flexibility index (Phi) is 4.11. The monoisotopic (exact) mass is 270 g/mol. The van der Waals surface area contributed by atoms with Crippen molar-refractivity contribution in [1.82, 2.24) is 10.6 Å². The summed E-state index contributed by atoms with van der Waals surface area (Å²) in [7, 11) is 0. The fourth-order valence-corrected chi connectivity index (χ4v) is 2.13. The summed E-state index contributed by atoms with van der Waals surface area (Å²) in [6.45, 7) is -1.02. The lowest BCUT2D eigenvalue weighted by atomic mass is 9.90. The maximum atomic E-state index is 12.9. The third-order valence-corrected chi connectivity index (χ3v) is 3.16. The van der Waals surface area contributed by atoms with Gasteiger partial charge in [0, 0.05) is 13.1 Å². The molecule has 6 heteroatoms. The van der Waals surface area contributed by atoms with Gasteiger partial charge in [-0.3, -0.25) is 4.79 Å². The molecular formula is C13H16F2N2O2. The minimum atomic E-state index is -3.28. The summed E-state index contributed by atoms with van der Waals surface area (Å²) < 4.78 is 25.8. The number of alkyl halides is 2. The van der Waals surface area contributed by atoms with E-state index >= 15 is 0 Å². The lowest BCUT2D eigenvalue weighted by molar-refractivity contribution is -0.125. The predicted octanol–water partition coefficient (Wildman–Crippen LogP) is 0.617. The zero-order chi connectivity index (χ0) is 13.9. The molecule has 0 aliphatic carbocycles. The zero-order valence-electron chi connectivity index (χ0n) is 10.3. The number of carbonyl (C=O) groups is 1. The first kappa shape index (κ1) is 13.9. The fraction of sp³-hybridized carbons (Fsp3) is 0.462. The summed E-state index contributed by atoms with van der Waals surface area (Å²) in [6.07, 6.45) is 0. The summed E-state index contributed by atoms with van der Waals surface area (Å²) >= 11 is 0. The van der Waals surface area contributed by atoms with Gasteiger partial charge in [-0.05, 0) is 11.1 Å². The smallest absolute Gasteiger partial charge is 0.287 e. The summed E-state index contributed by atoms with van der Waals surface area (Å²) in [4.78, 5) is 12.0. The number of aliphatic hydroxyl groups excluding tert-OH is 1. The summed E-state index contributed by atoms with van der Waals surface area (Å²) in [6, 6.07) is 7.45. The number of benzene rings is 1. The molecule has 0 saturated carbocycles. The van der Waals surface area contributed by atoms with E-state index in [1.54, 1.807) is 0 Å². The molecule has 1 amide bonds. The van der Waals surface area contributed by atoms with Crippen LogP contribution in [0, 0.1) is 0 Å². The van der Waals surface area contributed by atoms with Crippen LogP contribution in [-0.2, 0) is 11.3 Å². The molecule has 0 bridgehead atoms. The molecule has 1 heterocycles. The van der Waals surface area contributed by atoms with Gasteiger partial charge in [0.05, 0.1) is 12.5 Å². The second-order valence-corrected chi connectivity index (χ2v) is 4.61. The number of hydrogen-bond acceptors (Lipinski definition) is 3. The van der Waals surface area contributed by atoms with Crippen LogP contribution >= 0.6 is 0 Å². The van der Waals surface area contributed by atoms with Gasteiger partial charge in [-0.2, -0.15) is 0 Å². The van der Waals surface area contributed by atoms with Crippen molar-refractivity contribution in [3.8, 4) is 0 Å². The molecule has 0 fully saturated rings. The van der Waals surface area contributed by atoms with Crippen molar-refractivity contribution in [2.24, 2.45) is 0 Å². The topological polar surface area (TPSA) is 61.4 Å². The largest absolute Gasteiger partial charge is 0.390 e. The van der Waals surface area contributed by atoms with Crippen LogP contribution in [-0.4, -0.2) is 36.6 Å². The highest BCUT2D eigenvalue weighted by Gasteiger charge is 2.31. The van der Waals surface area contributed by atoms with Crippen LogP contribution in [0.4, 0.5) is 8.78 Å². The molecule has 104 valence electrons. The number of hydrogen-bond donors (Lipinski definition) is 3. The number of fused-ring (bicyclic) bond motifs is 1. The van der Waals surface area contributed by atoms with E-state index < -0.39 is 30.9 Å². The van der Waals surface area contributed by atoms with Gasteiger partial charge in [0.2, 0.25) is 5.91 Å². The maximum absolute atomic E-state index is 12.9. The molecule has 3 N–H and O–H groups in total. The molecule has 0 spiro atoms. The van der Waals surface area contributed by atoms with Gasteiger partial charge >= 0.3 is 0 Å². The van der Waals surface area contributed by atoms with Crippen molar-refractivity contribution in [2.45, 2.75) is 18.4 Å². The Bertz CT molecular complexity index is 466. The van der Waals surface area contributed by atoms with Crippen molar-refractivity contribution >= 4 is 5.91 Å². The van der Waals surface area contributed by atoms with Gasteiger partial charge in [-0.15, -0.1) is 0 Å². The number of halogens is 2. The Morgan fingerprint density at radius 1 is 1.47 bits per heavy atom. The molecule has 19 heavy (non-hydrogen) atoms. The third kappa shape index (κ3) is 3.27. The van der Waals surface area contributed by atoms with E-state index in [1.165, 1.54) is 0 Å². The maximum Gasteiger partial charge on any atom is 0.287 e. The molecular weight excluding hydrogens is 254 g/mol. The summed E-state index contributed by atoms with van der Waals surface area (Å²) in [5.74, 6) is -4.20. The second-order valence-electron chi connectivity index (χ2n) is 4.61. The van der Waals surface area contributed by atoms with Gasteiger partial charge in [0.1, 0.15) is 6.61 Å². The average Bonchev–Trinajstić information content (AvgIpc) is 2.44. The van der Waals surface area contributed by atoms with E-state index in [4.69, 9.17) is 5.11 Å². The number of rotatable bonds is 4. The van der Waals surface area contributed by atoms with E-state index in [0.29, 0.717) is 13.1 Å². The van der Waals surface area contributed by atoms with Gasteiger partial charge < -0.3 is 15.7 Å². The standard InChI is InChI=1S/C13H16F2N2O2/c14-13(15,8-18)7-17-12(19)11-6-16-5-9-3-1-2-4-10(9)11/h1-4,11,16,18H,5-8H2,(H,17,19). The summed E-state index contributed by atoms with van der Waals surface area (Å²) in [5.41, 5.74) is 1.87. The first-order valence-electron chi connectivity index (χ1n) is 6.08. The molecule has 1 aliphatic heterocycles. The van der Waals surface area contributed by atoms with E-state index in [9.17, 15) is 13.6 Å². The number of carbonyl (C=O) groups excluding carboxylic acids is 1. The minimum Gasteiger partial charge on any atom is -0.390 e. The highest BCUT2D eigenvalue weighted by atomic mass is 19.3. The van der Waals surface area contributed by atoms with E-state index in [0.717, 1.165) is 11.1 Å². The molecule has 0 radical (unpaired) electrons. The predicted molar refractivity (Wildman–Crippen MR) is 65.9 cm³/mol. The number of nitrogens with one attached hydrogen (secondary N) is 2. The molecule has 0 aromatic heterocycles. The molecule has 1 atom stereocenters. The molecule has 1 aliphatic rings. The van der Waals surface area contributed by atoms with Crippen LogP contribution in [0.2, 0.25) is 0 Å². The first-order valence-corrected chi connectivity index (χ1v) is 6.08. The van der Waals surface area contributed by atoms with E-state index in [1.807, 2.05) is 24.3 Å². The molecule has 1 unspecified atom stereocenters. The van der Waals surface area contributed by atoms with Crippen molar-refractivity contribution < 1.29 is 18.7 Å². The Morgan fingerprint density at radius 3 is 2.95 bits per heavy atom. The van der Waals surface area contributed by atoms with Crippen molar-refractivity contribution in [3.63, 3.8) is 0 Å². The van der Waals surface area contributed by atoms with Crippen LogP contribution in [0.3, 0.4) is 0 Å². The highest BCUT2D eigenvalue weighted by Crippen LogP contribution is 2.24. The number of amides is 1. The number of aliphatic hydroxyl groups is 1. The first-order chi connectivity index (χ1) is 9.03. The minimum absolute atomic E-state index is 0.424. The summed E-state index contributed by atoms with van der Waals surface area (Å²) in [5, 5.41) is 13.7. The molecule has 1 aromatic rings. The third-order valence-electron chi connectivity index (χ3n) is 3.16. The molecule has 0 saturated heterocycles. The molecule has 4 nitrogen and oxygen atoms in total. The Labute approximate surface area is 109 Å². The van der Waals surface area contributed by atoms with E-state index in [-0.39, 0.29) is 0 Å².